The number of carbonyl (C=O) groups excluding carboxylic acids is 2. The summed E-state index contributed by atoms with van der Waals surface area (Å²) in [4.78, 5) is 36.9. The van der Waals surface area contributed by atoms with Gasteiger partial charge in [0, 0.05) is 18.5 Å². The van der Waals surface area contributed by atoms with E-state index in [0.717, 1.165) is 5.56 Å². The summed E-state index contributed by atoms with van der Waals surface area (Å²) in [5.74, 6) is -2.71. The second kappa shape index (κ2) is 6.08. The van der Waals surface area contributed by atoms with Crippen LogP contribution in [-0.2, 0) is 20.9 Å². The van der Waals surface area contributed by atoms with Crippen LogP contribution < -0.4 is 0 Å². The van der Waals surface area contributed by atoms with E-state index in [9.17, 15) is 14.4 Å². The SMILES string of the molecule is CC(=O)[C@H]1[C@H](CC(=O)O)C(=O)N(Cc2ccccc2)[C@@H]1C. The van der Waals surface area contributed by atoms with Crippen LogP contribution in [0, 0.1) is 11.8 Å². The van der Waals surface area contributed by atoms with Crippen LogP contribution in [0.15, 0.2) is 30.3 Å². The Bertz CT molecular complexity index is 555. The highest BCUT2D eigenvalue weighted by Gasteiger charge is 2.48. The van der Waals surface area contributed by atoms with Crippen molar-refractivity contribution in [3.05, 3.63) is 35.9 Å². The molecule has 1 saturated heterocycles. The fourth-order valence-corrected chi connectivity index (χ4v) is 3.12. The summed E-state index contributed by atoms with van der Waals surface area (Å²) < 4.78 is 0. The Balaban J connectivity index is 2.24. The van der Waals surface area contributed by atoms with Gasteiger partial charge in [0.2, 0.25) is 5.91 Å². The zero-order chi connectivity index (χ0) is 15.6. The lowest BCUT2D eigenvalue weighted by atomic mass is 9.85. The van der Waals surface area contributed by atoms with Gasteiger partial charge >= 0.3 is 5.97 Å². The highest BCUT2D eigenvalue weighted by molar-refractivity contribution is 5.93. The van der Waals surface area contributed by atoms with Crippen LogP contribution >= 0.6 is 0 Å². The Morgan fingerprint density at radius 2 is 1.86 bits per heavy atom. The maximum atomic E-state index is 12.5. The van der Waals surface area contributed by atoms with Crippen molar-refractivity contribution in [2.24, 2.45) is 11.8 Å². The fourth-order valence-electron chi connectivity index (χ4n) is 3.12. The third kappa shape index (κ3) is 3.12. The van der Waals surface area contributed by atoms with Gasteiger partial charge < -0.3 is 10.0 Å². The zero-order valence-electron chi connectivity index (χ0n) is 12.2. The van der Waals surface area contributed by atoms with E-state index in [1.54, 1.807) is 4.90 Å². The molecule has 2 rings (SSSR count). The maximum absolute atomic E-state index is 12.5. The predicted molar refractivity (Wildman–Crippen MR) is 76.4 cm³/mol. The van der Waals surface area contributed by atoms with Crippen LogP contribution in [0.4, 0.5) is 0 Å². The average molecular weight is 289 g/mol. The monoisotopic (exact) mass is 289 g/mol. The number of likely N-dealkylation sites (tertiary alicyclic amines) is 1. The molecular formula is C16H19NO4. The van der Waals surface area contributed by atoms with E-state index < -0.39 is 17.8 Å². The lowest BCUT2D eigenvalue weighted by Crippen LogP contribution is -2.33. The Labute approximate surface area is 123 Å². The summed E-state index contributed by atoms with van der Waals surface area (Å²) in [6.45, 7) is 3.64. The first-order valence-electron chi connectivity index (χ1n) is 6.98. The minimum atomic E-state index is -1.05. The minimum absolute atomic E-state index is 0.127. The van der Waals surface area contributed by atoms with E-state index in [2.05, 4.69) is 0 Å². The van der Waals surface area contributed by atoms with Gasteiger partial charge in [-0.2, -0.15) is 0 Å². The maximum Gasteiger partial charge on any atom is 0.304 e. The Hall–Kier alpha value is -2.17. The first-order chi connectivity index (χ1) is 9.91. The van der Waals surface area contributed by atoms with Gasteiger partial charge in [-0.15, -0.1) is 0 Å². The number of carboxylic acids is 1. The first-order valence-corrected chi connectivity index (χ1v) is 6.98. The second-order valence-corrected chi connectivity index (χ2v) is 5.53. The number of aliphatic carboxylic acids is 1. The van der Waals surface area contributed by atoms with E-state index in [-0.39, 0.29) is 24.2 Å². The molecule has 0 spiro atoms. The predicted octanol–water partition coefficient (Wildman–Crippen LogP) is 1.71. The average Bonchev–Trinajstić information content (AvgIpc) is 2.64. The lowest BCUT2D eigenvalue weighted by molar-refractivity contribution is -0.143. The van der Waals surface area contributed by atoms with Gasteiger partial charge in [-0.05, 0) is 19.4 Å². The van der Waals surface area contributed by atoms with Crippen molar-refractivity contribution in [1.82, 2.24) is 4.90 Å². The van der Waals surface area contributed by atoms with E-state index in [4.69, 9.17) is 5.11 Å². The fraction of sp³-hybridized carbons (Fsp3) is 0.438. The molecular weight excluding hydrogens is 270 g/mol. The van der Waals surface area contributed by atoms with Crippen LogP contribution in [0.2, 0.25) is 0 Å². The highest BCUT2D eigenvalue weighted by Crippen LogP contribution is 2.35. The number of amides is 1. The van der Waals surface area contributed by atoms with E-state index in [1.165, 1.54) is 6.92 Å². The number of hydrogen-bond acceptors (Lipinski definition) is 3. The molecule has 1 aromatic carbocycles. The molecule has 0 radical (unpaired) electrons. The van der Waals surface area contributed by atoms with Gasteiger partial charge in [-0.1, -0.05) is 30.3 Å². The number of benzene rings is 1. The van der Waals surface area contributed by atoms with E-state index >= 15 is 0 Å². The molecule has 1 fully saturated rings. The molecule has 1 aromatic rings. The molecule has 5 heteroatoms. The molecule has 1 aliphatic heterocycles. The van der Waals surface area contributed by atoms with Crippen LogP contribution in [0.3, 0.4) is 0 Å². The van der Waals surface area contributed by atoms with Crippen LogP contribution in [0.25, 0.3) is 0 Å². The molecule has 0 bridgehead atoms. The third-order valence-electron chi connectivity index (χ3n) is 4.10. The number of ketones is 1. The van der Waals surface area contributed by atoms with Crippen LogP contribution in [0.5, 0.6) is 0 Å². The van der Waals surface area contributed by atoms with Gasteiger partial charge in [0.05, 0.1) is 12.3 Å². The molecule has 0 aliphatic carbocycles. The van der Waals surface area contributed by atoms with Crippen molar-refractivity contribution in [3.63, 3.8) is 0 Å². The van der Waals surface area contributed by atoms with Gasteiger partial charge in [0.15, 0.2) is 0 Å². The van der Waals surface area contributed by atoms with E-state index in [1.807, 2.05) is 37.3 Å². The molecule has 1 N–H and O–H groups in total. The molecule has 1 aliphatic rings. The zero-order valence-corrected chi connectivity index (χ0v) is 12.2. The van der Waals surface area contributed by atoms with Crippen LogP contribution in [0.1, 0.15) is 25.8 Å². The van der Waals surface area contributed by atoms with Gasteiger partial charge in [-0.25, -0.2) is 0 Å². The van der Waals surface area contributed by atoms with Crippen molar-refractivity contribution in [1.29, 1.82) is 0 Å². The van der Waals surface area contributed by atoms with Gasteiger partial charge in [0.25, 0.3) is 0 Å². The number of carboxylic acid groups (broad SMARTS) is 1. The quantitative estimate of drug-likeness (QED) is 0.895. The highest BCUT2D eigenvalue weighted by atomic mass is 16.4. The van der Waals surface area contributed by atoms with Crippen molar-refractivity contribution in [3.8, 4) is 0 Å². The normalized spacial score (nSPS) is 25.1. The van der Waals surface area contributed by atoms with Crippen molar-refractivity contribution in [2.75, 3.05) is 0 Å². The summed E-state index contributed by atoms with van der Waals surface area (Å²) in [6.07, 6.45) is -0.293. The molecule has 112 valence electrons. The van der Waals surface area contributed by atoms with Crippen molar-refractivity contribution in [2.45, 2.75) is 32.9 Å². The Morgan fingerprint density at radius 3 is 2.38 bits per heavy atom. The third-order valence-corrected chi connectivity index (χ3v) is 4.10. The van der Waals surface area contributed by atoms with Gasteiger partial charge in [-0.3, -0.25) is 14.4 Å². The Morgan fingerprint density at radius 1 is 1.24 bits per heavy atom. The molecule has 21 heavy (non-hydrogen) atoms. The molecule has 3 atom stereocenters. The summed E-state index contributed by atoms with van der Waals surface area (Å²) in [7, 11) is 0. The molecule has 0 unspecified atom stereocenters. The van der Waals surface area contributed by atoms with Crippen molar-refractivity contribution < 1.29 is 19.5 Å². The molecule has 1 amide bonds. The molecule has 0 saturated carbocycles. The Kier molecular flexibility index (Phi) is 4.40. The topological polar surface area (TPSA) is 74.7 Å². The second-order valence-electron chi connectivity index (χ2n) is 5.53. The summed E-state index contributed by atoms with van der Waals surface area (Å²) in [6, 6.07) is 9.21. The molecule has 0 aromatic heterocycles. The number of carbonyl (C=O) groups is 3. The van der Waals surface area contributed by atoms with E-state index in [0.29, 0.717) is 6.54 Å². The summed E-state index contributed by atoms with van der Waals surface area (Å²) in [5, 5.41) is 8.97. The molecule has 1 heterocycles. The minimum Gasteiger partial charge on any atom is -0.481 e. The van der Waals surface area contributed by atoms with Crippen molar-refractivity contribution >= 4 is 17.7 Å². The number of nitrogens with zero attached hydrogens (tertiary/aromatic N) is 1. The summed E-state index contributed by atoms with van der Waals surface area (Å²) in [5.41, 5.74) is 0.968. The molecule has 5 nitrogen and oxygen atoms in total. The summed E-state index contributed by atoms with van der Waals surface area (Å²) >= 11 is 0. The number of Topliss-reactive ketones (excluding diaryl/α,β-unsaturated/α-hetero) is 1. The smallest absolute Gasteiger partial charge is 0.304 e. The van der Waals surface area contributed by atoms with Gasteiger partial charge in [0.1, 0.15) is 5.78 Å². The number of hydrogen-bond donors (Lipinski definition) is 1. The first kappa shape index (κ1) is 15.2. The lowest BCUT2D eigenvalue weighted by Gasteiger charge is -2.23. The van der Waals surface area contributed by atoms with Crippen LogP contribution in [-0.4, -0.2) is 33.7 Å². The largest absolute Gasteiger partial charge is 0.481 e. The standard InChI is InChI=1S/C16H19NO4/c1-10-15(11(2)18)13(8-14(19)20)16(21)17(10)9-12-6-4-3-5-7-12/h3-7,10,13,15H,8-9H2,1-2H3,(H,19,20)/t10-,13+,15+/m1/s1. The number of rotatable bonds is 5.